The first-order chi connectivity index (χ1) is 11.7. The largest absolute Gasteiger partial charge is 0.460 e. The average Bonchev–Trinajstić information content (AvgIpc) is 2.64. The molecule has 0 unspecified atom stereocenters. The first-order valence-corrected chi connectivity index (χ1v) is 7.33. The van der Waals surface area contributed by atoms with Crippen molar-refractivity contribution in [1.82, 2.24) is 5.32 Å². The lowest BCUT2D eigenvalue weighted by Crippen LogP contribution is -2.29. The number of ether oxygens (including phenoxy) is 1. The van der Waals surface area contributed by atoms with Crippen LogP contribution in [0.4, 0.5) is 0 Å². The number of carbonyl (C=O) groups is 2. The van der Waals surface area contributed by atoms with E-state index in [-0.39, 0.29) is 13.2 Å². The van der Waals surface area contributed by atoms with Crippen molar-refractivity contribution in [3.05, 3.63) is 77.4 Å². The fourth-order valence-corrected chi connectivity index (χ4v) is 1.85. The Morgan fingerprint density at radius 1 is 1.08 bits per heavy atom. The van der Waals surface area contributed by atoms with Gasteiger partial charge in [0.15, 0.2) is 0 Å². The standard InChI is InChI=1S/C19H16N2O3/c20-12-16-8-6-15(7-9-16)10-11-18(22)21-13-19(23)24-14-17-4-2-1-3-5-17/h1-11H,13-14H2,(H,21,22)/b11-10+. The highest BCUT2D eigenvalue weighted by Gasteiger charge is 2.04. The molecule has 0 atom stereocenters. The summed E-state index contributed by atoms with van der Waals surface area (Å²) in [7, 11) is 0. The molecule has 0 aliphatic rings. The molecule has 0 aliphatic carbocycles. The second-order valence-corrected chi connectivity index (χ2v) is 4.93. The van der Waals surface area contributed by atoms with Crippen LogP contribution >= 0.6 is 0 Å². The zero-order valence-electron chi connectivity index (χ0n) is 12.9. The lowest BCUT2D eigenvalue weighted by atomic mass is 10.1. The van der Waals surface area contributed by atoms with E-state index in [0.717, 1.165) is 11.1 Å². The summed E-state index contributed by atoms with van der Waals surface area (Å²) in [4.78, 5) is 23.2. The van der Waals surface area contributed by atoms with E-state index in [0.29, 0.717) is 5.56 Å². The molecule has 24 heavy (non-hydrogen) atoms. The van der Waals surface area contributed by atoms with Crippen LogP contribution in [0.15, 0.2) is 60.7 Å². The van der Waals surface area contributed by atoms with Gasteiger partial charge in [-0.15, -0.1) is 0 Å². The van der Waals surface area contributed by atoms with Gasteiger partial charge in [0.2, 0.25) is 5.91 Å². The monoisotopic (exact) mass is 320 g/mol. The average molecular weight is 320 g/mol. The third-order valence-electron chi connectivity index (χ3n) is 3.12. The van der Waals surface area contributed by atoms with Gasteiger partial charge in [0.1, 0.15) is 13.2 Å². The summed E-state index contributed by atoms with van der Waals surface area (Å²) >= 11 is 0. The van der Waals surface area contributed by atoms with Crippen molar-refractivity contribution in [2.45, 2.75) is 6.61 Å². The van der Waals surface area contributed by atoms with E-state index in [1.54, 1.807) is 30.3 Å². The molecule has 0 saturated carbocycles. The molecule has 0 bridgehead atoms. The minimum absolute atomic E-state index is 0.177. The summed E-state index contributed by atoms with van der Waals surface area (Å²) in [5.41, 5.74) is 2.23. The highest BCUT2D eigenvalue weighted by molar-refractivity contribution is 5.93. The number of nitrogens with zero attached hydrogens (tertiary/aromatic N) is 1. The van der Waals surface area contributed by atoms with Crippen LogP contribution in [-0.2, 0) is 20.9 Å². The molecule has 2 rings (SSSR count). The number of benzene rings is 2. The minimum Gasteiger partial charge on any atom is -0.460 e. The van der Waals surface area contributed by atoms with Crippen LogP contribution in [0.1, 0.15) is 16.7 Å². The first kappa shape index (κ1) is 17.0. The molecule has 5 nitrogen and oxygen atoms in total. The summed E-state index contributed by atoms with van der Waals surface area (Å²) in [5.74, 6) is -0.894. The van der Waals surface area contributed by atoms with Gasteiger partial charge in [0, 0.05) is 6.08 Å². The lowest BCUT2D eigenvalue weighted by Gasteiger charge is -2.05. The molecule has 0 fully saturated rings. The molecular weight excluding hydrogens is 304 g/mol. The van der Waals surface area contributed by atoms with Gasteiger partial charge in [-0.25, -0.2) is 0 Å². The van der Waals surface area contributed by atoms with Crippen LogP contribution in [0.3, 0.4) is 0 Å². The predicted octanol–water partition coefficient (Wildman–Crippen LogP) is 2.43. The summed E-state index contributed by atoms with van der Waals surface area (Å²) < 4.78 is 5.06. The Balaban J connectivity index is 1.72. The quantitative estimate of drug-likeness (QED) is 0.655. The molecule has 0 spiro atoms. The maximum Gasteiger partial charge on any atom is 0.325 e. The smallest absolute Gasteiger partial charge is 0.325 e. The van der Waals surface area contributed by atoms with Crippen LogP contribution < -0.4 is 5.32 Å². The molecule has 0 saturated heterocycles. The second-order valence-electron chi connectivity index (χ2n) is 4.93. The Morgan fingerprint density at radius 3 is 2.46 bits per heavy atom. The fraction of sp³-hybridized carbons (Fsp3) is 0.105. The third-order valence-corrected chi connectivity index (χ3v) is 3.12. The van der Waals surface area contributed by atoms with Crippen molar-refractivity contribution < 1.29 is 14.3 Å². The van der Waals surface area contributed by atoms with Gasteiger partial charge >= 0.3 is 5.97 Å². The van der Waals surface area contributed by atoms with E-state index in [4.69, 9.17) is 10.00 Å². The van der Waals surface area contributed by atoms with Gasteiger partial charge in [-0.3, -0.25) is 9.59 Å². The third kappa shape index (κ3) is 5.78. The van der Waals surface area contributed by atoms with Gasteiger partial charge in [-0.1, -0.05) is 42.5 Å². The summed E-state index contributed by atoms with van der Waals surface area (Å²) in [6.45, 7) is -0.0139. The van der Waals surface area contributed by atoms with Gasteiger partial charge in [0.05, 0.1) is 11.6 Å². The number of hydrogen-bond donors (Lipinski definition) is 1. The van der Waals surface area contributed by atoms with E-state index in [1.807, 2.05) is 36.4 Å². The number of nitriles is 1. The Bertz CT molecular complexity index is 759. The molecule has 0 aliphatic heterocycles. The van der Waals surface area contributed by atoms with Crippen LogP contribution in [0, 0.1) is 11.3 Å². The van der Waals surface area contributed by atoms with Crippen molar-refractivity contribution in [1.29, 1.82) is 5.26 Å². The van der Waals surface area contributed by atoms with Gasteiger partial charge in [0.25, 0.3) is 0 Å². The van der Waals surface area contributed by atoms with E-state index < -0.39 is 11.9 Å². The van der Waals surface area contributed by atoms with Gasteiger partial charge in [-0.2, -0.15) is 5.26 Å². The molecule has 0 radical (unpaired) electrons. The Labute approximate surface area is 140 Å². The SMILES string of the molecule is N#Cc1ccc(/C=C/C(=O)NCC(=O)OCc2ccccc2)cc1. The molecule has 1 N–H and O–H groups in total. The normalized spacial score (nSPS) is 10.1. The molecule has 1 amide bonds. The van der Waals surface area contributed by atoms with Gasteiger partial charge < -0.3 is 10.1 Å². The Kier molecular flexibility index (Phi) is 6.30. The van der Waals surface area contributed by atoms with E-state index in [1.165, 1.54) is 6.08 Å². The van der Waals surface area contributed by atoms with Crippen molar-refractivity contribution in [2.24, 2.45) is 0 Å². The van der Waals surface area contributed by atoms with Crippen LogP contribution in [0.5, 0.6) is 0 Å². The topological polar surface area (TPSA) is 79.2 Å². The lowest BCUT2D eigenvalue weighted by molar-refractivity contribution is -0.144. The van der Waals surface area contributed by atoms with E-state index >= 15 is 0 Å². The molecule has 5 heteroatoms. The fourth-order valence-electron chi connectivity index (χ4n) is 1.85. The zero-order valence-corrected chi connectivity index (χ0v) is 12.9. The van der Waals surface area contributed by atoms with Crippen molar-refractivity contribution in [2.75, 3.05) is 6.54 Å². The maximum atomic E-state index is 11.7. The van der Waals surface area contributed by atoms with Gasteiger partial charge in [-0.05, 0) is 29.3 Å². The number of esters is 1. The highest BCUT2D eigenvalue weighted by atomic mass is 16.5. The molecule has 120 valence electrons. The first-order valence-electron chi connectivity index (χ1n) is 7.33. The summed E-state index contributed by atoms with van der Waals surface area (Å²) in [5, 5.41) is 11.2. The Hall–Kier alpha value is -3.39. The van der Waals surface area contributed by atoms with E-state index in [9.17, 15) is 9.59 Å². The molecular formula is C19H16N2O3. The molecule has 0 aromatic heterocycles. The molecule has 2 aromatic carbocycles. The summed E-state index contributed by atoms with van der Waals surface area (Å²) in [6, 6.07) is 18.1. The molecule has 2 aromatic rings. The van der Waals surface area contributed by atoms with Crippen LogP contribution in [0.2, 0.25) is 0 Å². The number of hydrogen-bond acceptors (Lipinski definition) is 4. The molecule has 0 heterocycles. The minimum atomic E-state index is -0.501. The number of carbonyl (C=O) groups excluding carboxylic acids is 2. The van der Waals surface area contributed by atoms with Crippen LogP contribution in [-0.4, -0.2) is 18.4 Å². The van der Waals surface area contributed by atoms with Crippen molar-refractivity contribution >= 4 is 18.0 Å². The number of rotatable bonds is 6. The zero-order chi connectivity index (χ0) is 17.2. The maximum absolute atomic E-state index is 11.7. The highest BCUT2D eigenvalue weighted by Crippen LogP contribution is 2.05. The predicted molar refractivity (Wildman–Crippen MR) is 89.4 cm³/mol. The second kappa shape index (κ2) is 8.91. The summed E-state index contributed by atoms with van der Waals surface area (Å²) in [6.07, 6.45) is 2.93. The van der Waals surface area contributed by atoms with Crippen molar-refractivity contribution in [3.63, 3.8) is 0 Å². The van der Waals surface area contributed by atoms with Crippen LogP contribution in [0.25, 0.3) is 6.08 Å². The van der Waals surface area contributed by atoms with E-state index in [2.05, 4.69) is 5.32 Å². The number of nitrogens with one attached hydrogen (secondary N) is 1. The number of amides is 1. The van der Waals surface area contributed by atoms with Crippen molar-refractivity contribution in [3.8, 4) is 6.07 Å². The Morgan fingerprint density at radius 2 is 1.79 bits per heavy atom.